The Bertz CT molecular complexity index is 745. The van der Waals surface area contributed by atoms with Crippen LogP contribution in [0, 0.1) is 0 Å². The minimum atomic E-state index is -0.498. The Labute approximate surface area is 125 Å². The van der Waals surface area contributed by atoms with Crippen molar-refractivity contribution in [1.82, 2.24) is 19.7 Å². The van der Waals surface area contributed by atoms with E-state index in [1.54, 1.807) is 30.4 Å². The molecule has 0 bridgehead atoms. The number of benzene rings is 1. The molecule has 20 heavy (non-hydrogen) atoms. The van der Waals surface area contributed by atoms with Gasteiger partial charge in [0.15, 0.2) is 6.23 Å². The lowest BCUT2D eigenvalue weighted by Gasteiger charge is -2.18. The van der Waals surface area contributed by atoms with Crippen LogP contribution in [-0.2, 0) is 4.74 Å². The van der Waals surface area contributed by atoms with Crippen molar-refractivity contribution in [3.05, 3.63) is 52.7 Å². The van der Waals surface area contributed by atoms with Gasteiger partial charge in [-0.2, -0.15) is 5.10 Å². The van der Waals surface area contributed by atoms with Crippen molar-refractivity contribution < 1.29 is 4.74 Å². The number of ether oxygens (including phenoxy) is 1. The van der Waals surface area contributed by atoms with Crippen molar-refractivity contribution in [3.8, 4) is 0 Å². The molecule has 2 heterocycles. The molecule has 7 heteroatoms. The second kappa shape index (κ2) is 5.36. The van der Waals surface area contributed by atoms with E-state index in [-0.39, 0.29) is 0 Å². The average molecular weight is 309 g/mol. The van der Waals surface area contributed by atoms with Gasteiger partial charge in [0.05, 0.1) is 15.6 Å². The SMILES string of the molecule is COC(c1c(Cl)ccc2cc(Cl)cnc12)n1cncn1. The largest absolute Gasteiger partial charge is 0.355 e. The number of methoxy groups -OCH3 is 1. The van der Waals surface area contributed by atoms with Crippen LogP contribution in [0.15, 0.2) is 37.1 Å². The van der Waals surface area contributed by atoms with Gasteiger partial charge in [-0.1, -0.05) is 29.3 Å². The van der Waals surface area contributed by atoms with Gasteiger partial charge in [-0.25, -0.2) is 9.67 Å². The third-order valence-electron chi connectivity index (χ3n) is 2.95. The molecule has 0 saturated heterocycles. The van der Waals surface area contributed by atoms with E-state index in [0.29, 0.717) is 10.0 Å². The van der Waals surface area contributed by atoms with Gasteiger partial charge in [-0.3, -0.25) is 4.98 Å². The molecule has 0 spiro atoms. The van der Waals surface area contributed by atoms with Crippen molar-refractivity contribution >= 4 is 34.1 Å². The summed E-state index contributed by atoms with van der Waals surface area (Å²) in [5.74, 6) is 0. The Morgan fingerprint density at radius 3 is 2.85 bits per heavy atom. The fraction of sp³-hybridized carbons (Fsp3) is 0.154. The van der Waals surface area contributed by atoms with Crippen LogP contribution in [0.3, 0.4) is 0 Å². The third-order valence-corrected chi connectivity index (χ3v) is 3.49. The Kier molecular flexibility index (Phi) is 3.56. The topological polar surface area (TPSA) is 52.8 Å². The van der Waals surface area contributed by atoms with Gasteiger partial charge in [0.25, 0.3) is 0 Å². The summed E-state index contributed by atoms with van der Waals surface area (Å²) in [4.78, 5) is 8.29. The van der Waals surface area contributed by atoms with Crippen molar-refractivity contribution in [2.45, 2.75) is 6.23 Å². The maximum Gasteiger partial charge on any atom is 0.180 e. The number of hydrogen-bond acceptors (Lipinski definition) is 4. The Morgan fingerprint density at radius 1 is 1.30 bits per heavy atom. The van der Waals surface area contributed by atoms with E-state index < -0.39 is 6.23 Å². The zero-order valence-electron chi connectivity index (χ0n) is 10.5. The number of rotatable bonds is 3. The van der Waals surface area contributed by atoms with E-state index in [1.807, 2.05) is 12.1 Å². The molecule has 0 amide bonds. The second-order valence-corrected chi connectivity index (χ2v) is 4.99. The highest BCUT2D eigenvalue weighted by Gasteiger charge is 2.20. The fourth-order valence-electron chi connectivity index (χ4n) is 2.10. The summed E-state index contributed by atoms with van der Waals surface area (Å²) in [7, 11) is 1.58. The summed E-state index contributed by atoms with van der Waals surface area (Å²) >= 11 is 12.3. The maximum absolute atomic E-state index is 6.32. The molecule has 1 atom stereocenters. The summed E-state index contributed by atoms with van der Waals surface area (Å²) in [5, 5.41) is 6.11. The average Bonchev–Trinajstić information content (AvgIpc) is 2.96. The quantitative estimate of drug-likeness (QED) is 0.744. The summed E-state index contributed by atoms with van der Waals surface area (Å²) < 4.78 is 7.08. The van der Waals surface area contributed by atoms with Crippen LogP contribution < -0.4 is 0 Å². The fourth-order valence-corrected chi connectivity index (χ4v) is 2.52. The second-order valence-electron chi connectivity index (χ2n) is 4.15. The molecule has 5 nitrogen and oxygen atoms in total. The Balaban J connectivity index is 2.26. The van der Waals surface area contributed by atoms with Crippen molar-refractivity contribution in [2.24, 2.45) is 0 Å². The van der Waals surface area contributed by atoms with Crippen LogP contribution >= 0.6 is 23.2 Å². The first-order chi connectivity index (χ1) is 9.70. The molecule has 0 aliphatic heterocycles. The molecule has 1 aromatic carbocycles. The van der Waals surface area contributed by atoms with E-state index in [4.69, 9.17) is 27.9 Å². The number of nitrogens with zero attached hydrogens (tertiary/aromatic N) is 4. The number of fused-ring (bicyclic) bond motifs is 1. The monoisotopic (exact) mass is 308 g/mol. The molecule has 1 unspecified atom stereocenters. The van der Waals surface area contributed by atoms with E-state index >= 15 is 0 Å². The summed E-state index contributed by atoms with van der Waals surface area (Å²) in [6, 6.07) is 5.49. The normalized spacial score (nSPS) is 12.8. The highest BCUT2D eigenvalue weighted by molar-refractivity contribution is 6.33. The molecule has 0 aliphatic carbocycles. The van der Waals surface area contributed by atoms with Crippen molar-refractivity contribution in [1.29, 1.82) is 0 Å². The first-order valence-corrected chi connectivity index (χ1v) is 6.57. The van der Waals surface area contributed by atoms with E-state index in [9.17, 15) is 0 Å². The van der Waals surface area contributed by atoms with Gasteiger partial charge in [0.2, 0.25) is 0 Å². The van der Waals surface area contributed by atoms with Gasteiger partial charge < -0.3 is 4.74 Å². The minimum absolute atomic E-state index is 0.498. The molecule has 0 fully saturated rings. The highest BCUT2D eigenvalue weighted by atomic mass is 35.5. The van der Waals surface area contributed by atoms with Crippen LogP contribution in [0.2, 0.25) is 10.0 Å². The predicted octanol–water partition coefficient (Wildman–Crippen LogP) is 3.33. The molecule has 102 valence electrons. The number of halogens is 2. The number of aromatic nitrogens is 4. The lowest BCUT2D eigenvalue weighted by atomic mass is 10.1. The van der Waals surface area contributed by atoms with Gasteiger partial charge >= 0.3 is 0 Å². The number of pyridine rings is 1. The summed E-state index contributed by atoms with van der Waals surface area (Å²) in [6.45, 7) is 0. The zero-order chi connectivity index (χ0) is 14.1. The van der Waals surface area contributed by atoms with E-state index in [1.165, 1.54) is 6.33 Å². The van der Waals surface area contributed by atoms with E-state index in [0.717, 1.165) is 16.5 Å². The van der Waals surface area contributed by atoms with Gasteiger partial charge in [-0.15, -0.1) is 0 Å². The van der Waals surface area contributed by atoms with Gasteiger partial charge in [-0.05, 0) is 12.1 Å². The molecular formula is C13H10Cl2N4O. The lowest BCUT2D eigenvalue weighted by molar-refractivity contribution is 0.0689. The van der Waals surface area contributed by atoms with E-state index in [2.05, 4.69) is 15.1 Å². The van der Waals surface area contributed by atoms with Crippen molar-refractivity contribution in [3.63, 3.8) is 0 Å². The summed E-state index contributed by atoms with van der Waals surface area (Å²) in [5.41, 5.74) is 1.46. The minimum Gasteiger partial charge on any atom is -0.355 e. The van der Waals surface area contributed by atoms with Gasteiger partial charge in [0.1, 0.15) is 12.7 Å². The summed E-state index contributed by atoms with van der Waals surface area (Å²) in [6.07, 6.45) is 4.09. The number of hydrogen-bond donors (Lipinski definition) is 0. The molecule has 0 aliphatic rings. The van der Waals surface area contributed by atoms with Crippen LogP contribution in [0.5, 0.6) is 0 Å². The predicted molar refractivity (Wildman–Crippen MR) is 76.9 cm³/mol. The molecule has 0 N–H and O–H groups in total. The molecule has 0 saturated carbocycles. The van der Waals surface area contributed by atoms with Gasteiger partial charge in [0, 0.05) is 24.3 Å². The standard InChI is InChI=1S/C13H10Cl2N4O/c1-20-13(19-7-16-6-18-19)11-10(15)3-2-8-4-9(14)5-17-12(8)11/h2-7,13H,1H3. The molecule has 0 radical (unpaired) electrons. The first-order valence-electron chi connectivity index (χ1n) is 5.81. The third kappa shape index (κ3) is 2.24. The first kappa shape index (κ1) is 13.3. The molecule has 3 aromatic rings. The molecular weight excluding hydrogens is 299 g/mol. The highest BCUT2D eigenvalue weighted by Crippen LogP contribution is 2.33. The van der Waals surface area contributed by atoms with Crippen LogP contribution in [0.1, 0.15) is 11.8 Å². The Morgan fingerprint density at radius 2 is 2.15 bits per heavy atom. The molecule has 3 rings (SSSR count). The maximum atomic E-state index is 6.32. The van der Waals surface area contributed by atoms with Crippen LogP contribution in [0.4, 0.5) is 0 Å². The zero-order valence-corrected chi connectivity index (χ0v) is 12.0. The smallest absolute Gasteiger partial charge is 0.180 e. The van der Waals surface area contributed by atoms with Crippen molar-refractivity contribution in [2.75, 3.05) is 7.11 Å². The lowest BCUT2D eigenvalue weighted by Crippen LogP contribution is -2.14. The van der Waals surface area contributed by atoms with Crippen LogP contribution in [0.25, 0.3) is 10.9 Å². The Hall–Kier alpha value is -1.69. The molecule has 2 aromatic heterocycles. The van der Waals surface area contributed by atoms with Crippen LogP contribution in [-0.4, -0.2) is 26.9 Å².